The van der Waals surface area contributed by atoms with E-state index in [2.05, 4.69) is 5.32 Å². The van der Waals surface area contributed by atoms with Crippen molar-refractivity contribution in [1.82, 2.24) is 5.32 Å². The molecule has 1 aliphatic rings. The fourth-order valence-corrected chi connectivity index (χ4v) is 2.57. The molecule has 21 heavy (non-hydrogen) atoms. The molecule has 1 N–H and O–H groups in total. The van der Waals surface area contributed by atoms with Crippen molar-refractivity contribution in [3.63, 3.8) is 0 Å². The van der Waals surface area contributed by atoms with Gasteiger partial charge in [-0.2, -0.15) is 13.2 Å². The molecule has 0 heterocycles. The highest BCUT2D eigenvalue weighted by molar-refractivity contribution is 5.83. The largest absolute Gasteiger partial charge is 0.416 e. The van der Waals surface area contributed by atoms with Crippen molar-refractivity contribution in [2.45, 2.75) is 51.2 Å². The smallest absolute Gasteiger partial charge is 0.353 e. The first kappa shape index (κ1) is 15.9. The normalized spacial score (nSPS) is 21.4. The number of carbonyl (C=O) groups is 1. The molecule has 1 amide bonds. The molecule has 2 rings (SSSR count). The van der Waals surface area contributed by atoms with Crippen molar-refractivity contribution in [3.05, 3.63) is 35.4 Å². The molecule has 0 spiro atoms. The minimum Gasteiger partial charge on any atom is -0.353 e. The minimum absolute atomic E-state index is 0.0218. The summed E-state index contributed by atoms with van der Waals surface area (Å²) < 4.78 is 37.5. The summed E-state index contributed by atoms with van der Waals surface area (Å²) >= 11 is 0. The quantitative estimate of drug-likeness (QED) is 0.871. The molecule has 5 heteroatoms. The lowest BCUT2D eigenvalue weighted by molar-refractivity contribution is -0.137. The molecule has 0 aliphatic heterocycles. The second-order valence-electron chi connectivity index (χ2n) is 5.59. The van der Waals surface area contributed by atoms with Gasteiger partial charge < -0.3 is 5.32 Å². The standard InChI is InChI=1S/C16H20F3NO/c1-3-12(4-2)20-15(21)14-9-13(14)10-5-7-11(8-6-10)16(17,18)19/h5-8,12-14H,3-4,9H2,1-2H3,(H,20,21). The van der Waals surface area contributed by atoms with Gasteiger partial charge in [0.05, 0.1) is 5.56 Å². The molecule has 1 aliphatic carbocycles. The van der Waals surface area contributed by atoms with Gasteiger partial charge in [-0.3, -0.25) is 4.79 Å². The molecule has 116 valence electrons. The van der Waals surface area contributed by atoms with Crippen LogP contribution in [0.5, 0.6) is 0 Å². The van der Waals surface area contributed by atoms with Gasteiger partial charge in [-0.1, -0.05) is 26.0 Å². The fourth-order valence-electron chi connectivity index (χ4n) is 2.57. The summed E-state index contributed by atoms with van der Waals surface area (Å²) in [6.07, 6.45) is -1.81. The zero-order valence-corrected chi connectivity index (χ0v) is 12.2. The van der Waals surface area contributed by atoms with Gasteiger partial charge in [0.25, 0.3) is 0 Å². The molecular weight excluding hydrogens is 279 g/mol. The number of carbonyl (C=O) groups excluding carboxylic acids is 1. The molecular formula is C16H20F3NO. The van der Waals surface area contributed by atoms with Gasteiger partial charge in [-0.05, 0) is 42.9 Å². The average Bonchev–Trinajstić information content (AvgIpc) is 3.24. The molecule has 1 aromatic rings. The van der Waals surface area contributed by atoms with Gasteiger partial charge in [-0.25, -0.2) is 0 Å². The van der Waals surface area contributed by atoms with E-state index < -0.39 is 11.7 Å². The Morgan fingerprint density at radius 1 is 1.24 bits per heavy atom. The number of rotatable bonds is 5. The topological polar surface area (TPSA) is 29.1 Å². The van der Waals surface area contributed by atoms with Crippen LogP contribution in [0, 0.1) is 5.92 Å². The zero-order chi connectivity index (χ0) is 15.6. The lowest BCUT2D eigenvalue weighted by Crippen LogP contribution is -2.35. The highest BCUT2D eigenvalue weighted by atomic mass is 19.4. The SMILES string of the molecule is CCC(CC)NC(=O)C1CC1c1ccc(C(F)(F)F)cc1. The monoisotopic (exact) mass is 299 g/mol. The Morgan fingerprint density at radius 3 is 2.29 bits per heavy atom. The van der Waals surface area contributed by atoms with E-state index in [-0.39, 0.29) is 23.8 Å². The van der Waals surface area contributed by atoms with Crippen LogP contribution in [-0.2, 0) is 11.0 Å². The number of alkyl halides is 3. The minimum atomic E-state index is -4.31. The third kappa shape index (κ3) is 3.77. The first-order valence-electron chi connectivity index (χ1n) is 7.34. The first-order valence-corrected chi connectivity index (χ1v) is 7.34. The summed E-state index contributed by atoms with van der Waals surface area (Å²) in [6.45, 7) is 4.05. The highest BCUT2D eigenvalue weighted by Gasteiger charge is 2.44. The molecule has 0 saturated heterocycles. The van der Waals surface area contributed by atoms with Crippen molar-refractivity contribution in [2.75, 3.05) is 0 Å². The van der Waals surface area contributed by atoms with E-state index in [1.54, 1.807) is 0 Å². The number of nitrogens with one attached hydrogen (secondary N) is 1. The molecule has 0 aromatic heterocycles. The van der Waals surface area contributed by atoms with Gasteiger partial charge >= 0.3 is 6.18 Å². The third-order valence-corrected chi connectivity index (χ3v) is 4.13. The van der Waals surface area contributed by atoms with Gasteiger partial charge in [0.15, 0.2) is 0 Å². The maximum atomic E-state index is 12.5. The van der Waals surface area contributed by atoms with Gasteiger partial charge in [0.1, 0.15) is 0 Å². The predicted molar refractivity (Wildman–Crippen MR) is 74.8 cm³/mol. The Hall–Kier alpha value is -1.52. The van der Waals surface area contributed by atoms with E-state index in [9.17, 15) is 18.0 Å². The Balaban J connectivity index is 1.95. The van der Waals surface area contributed by atoms with Crippen molar-refractivity contribution < 1.29 is 18.0 Å². The Kier molecular flexibility index (Phi) is 4.59. The maximum Gasteiger partial charge on any atom is 0.416 e. The number of benzene rings is 1. The molecule has 1 aromatic carbocycles. The van der Waals surface area contributed by atoms with Crippen LogP contribution in [-0.4, -0.2) is 11.9 Å². The van der Waals surface area contributed by atoms with Gasteiger partial charge in [-0.15, -0.1) is 0 Å². The summed E-state index contributed by atoms with van der Waals surface area (Å²) in [4.78, 5) is 12.1. The molecule has 0 radical (unpaired) electrons. The lowest BCUT2D eigenvalue weighted by atomic mass is 10.1. The summed E-state index contributed by atoms with van der Waals surface area (Å²) in [5.74, 6) is -0.0161. The van der Waals surface area contributed by atoms with Crippen molar-refractivity contribution in [2.24, 2.45) is 5.92 Å². The molecule has 1 fully saturated rings. The second-order valence-corrected chi connectivity index (χ2v) is 5.59. The average molecular weight is 299 g/mol. The van der Waals surface area contributed by atoms with Crippen LogP contribution in [0.3, 0.4) is 0 Å². The van der Waals surface area contributed by atoms with E-state index in [1.807, 2.05) is 13.8 Å². The number of hydrogen-bond donors (Lipinski definition) is 1. The Bertz CT molecular complexity index is 491. The molecule has 2 unspecified atom stereocenters. The number of amides is 1. The number of hydrogen-bond acceptors (Lipinski definition) is 1. The van der Waals surface area contributed by atoms with Crippen molar-refractivity contribution in [3.8, 4) is 0 Å². The highest BCUT2D eigenvalue weighted by Crippen LogP contribution is 2.48. The lowest BCUT2D eigenvalue weighted by Gasteiger charge is -2.14. The van der Waals surface area contributed by atoms with Gasteiger partial charge in [0, 0.05) is 12.0 Å². The molecule has 2 nitrogen and oxygen atoms in total. The van der Waals surface area contributed by atoms with Gasteiger partial charge in [0.2, 0.25) is 5.91 Å². The zero-order valence-electron chi connectivity index (χ0n) is 12.2. The number of halogens is 3. The van der Waals surface area contributed by atoms with Crippen LogP contribution in [0.2, 0.25) is 0 Å². The van der Waals surface area contributed by atoms with Crippen LogP contribution >= 0.6 is 0 Å². The molecule has 0 bridgehead atoms. The fraction of sp³-hybridized carbons (Fsp3) is 0.562. The van der Waals surface area contributed by atoms with Crippen LogP contribution in [0.15, 0.2) is 24.3 Å². The Labute approximate surface area is 122 Å². The second kappa shape index (κ2) is 6.08. The van der Waals surface area contributed by atoms with E-state index in [1.165, 1.54) is 12.1 Å². The van der Waals surface area contributed by atoms with Crippen LogP contribution in [0.4, 0.5) is 13.2 Å². The molecule has 2 atom stereocenters. The van der Waals surface area contributed by atoms with Crippen LogP contribution < -0.4 is 5.32 Å². The van der Waals surface area contributed by atoms with E-state index in [0.29, 0.717) is 0 Å². The molecule has 1 saturated carbocycles. The van der Waals surface area contributed by atoms with Crippen molar-refractivity contribution in [1.29, 1.82) is 0 Å². The third-order valence-electron chi connectivity index (χ3n) is 4.13. The maximum absolute atomic E-state index is 12.5. The summed E-state index contributed by atoms with van der Waals surface area (Å²) in [7, 11) is 0. The summed E-state index contributed by atoms with van der Waals surface area (Å²) in [5.41, 5.74) is 0.164. The van der Waals surface area contributed by atoms with E-state index in [4.69, 9.17) is 0 Å². The van der Waals surface area contributed by atoms with Crippen molar-refractivity contribution >= 4 is 5.91 Å². The summed E-state index contributed by atoms with van der Waals surface area (Å²) in [5, 5.41) is 2.99. The first-order chi connectivity index (χ1) is 9.86. The summed E-state index contributed by atoms with van der Waals surface area (Å²) in [6, 6.07) is 5.33. The Morgan fingerprint density at radius 2 is 1.81 bits per heavy atom. The predicted octanol–water partition coefficient (Wildman–Crippen LogP) is 4.11. The van der Waals surface area contributed by atoms with E-state index in [0.717, 1.165) is 37.0 Å². The van der Waals surface area contributed by atoms with Crippen LogP contribution in [0.1, 0.15) is 50.2 Å². The van der Waals surface area contributed by atoms with E-state index >= 15 is 0 Å². The van der Waals surface area contributed by atoms with Crippen LogP contribution in [0.25, 0.3) is 0 Å².